The molecule has 1 heterocycles. The second-order valence-electron chi connectivity index (χ2n) is 8.24. The van der Waals surface area contributed by atoms with E-state index in [0.29, 0.717) is 16.5 Å². The Balaban J connectivity index is 1.45. The zero-order valence-electron chi connectivity index (χ0n) is 19.8. The van der Waals surface area contributed by atoms with Crippen LogP contribution in [0.1, 0.15) is 22.5 Å². The van der Waals surface area contributed by atoms with Crippen LogP contribution >= 0.6 is 0 Å². The number of aromatic nitrogens is 2. The maximum atomic E-state index is 12.4. The number of amides is 1. The van der Waals surface area contributed by atoms with E-state index in [-0.39, 0.29) is 6.54 Å². The molecule has 0 aliphatic rings. The molecule has 0 N–H and O–H groups in total. The van der Waals surface area contributed by atoms with Crippen molar-refractivity contribution in [2.75, 3.05) is 6.54 Å². The topological polar surface area (TPSA) is 87.5 Å². The average Bonchev–Trinajstić information content (AvgIpc) is 3.15. The number of hydrogen-bond donors (Lipinski definition) is 0. The zero-order chi connectivity index (χ0) is 24.9. The van der Waals surface area contributed by atoms with Crippen LogP contribution in [0, 0.1) is 20.8 Å². The summed E-state index contributed by atoms with van der Waals surface area (Å²) in [6, 6.07) is 24.7. The predicted octanol–water partition coefficient (Wildman–Crippen LogP) is 5.30. The lowest BCUT2D eigenvalue weighted by atomic mass is 10.0. The number of benzene rings is 3. The molecule has 180 valence electrons. The number of ether oxygens (including phenoxy) is 1. The van der Waals surface area contributed by atoms with Gasteiger partial charge in [0.15, 0.2) is 0 Å². The first-order valence-electron chi connectivity index (χ1n) is 11.2. The Bertz CT molecular complexity index is 1330. The van der Waals surface area contributed by atoms with Crippen LogP contribution in [0.15, 0.2) is 78.9 Å². The van der Waals surface area contributed by atoms with Crippen molar-refractivity contribution < 1.29 is 18.3 Å². The van der Waals surface area contributed by atoms with E-state index in [0.717, 1.165) is 39.3 Å². The van der Waals surface area contributed by atoms with Crippen molar-refractivity contribution in [3.8, 4) is 22.6 Å². The van der Waals surface area contributed by atoms with Crippen LogP contribution in [0.5, 0.6) is 5.75 Å². The minimum atomic E-state index is -2.75. The van der Waals surface area contributed by atoms with Crippen molar-refractivity contribution >= 4 is 17.4 Å². The van der Waals surface area contributed by atoms with Gasteiger partial charge >= 0.3 is 6.09 Å². The Kier molecular flexibility index (Phi) is 7.43. The number of rotatable bonds is 7. The van der Waals surface area contributed by atoms with Crippen molar-refractivity contribution in [3.05, 3.63) is 101 Å². The van der Waals surface area contributed by atoms with Gasteiger partial charge in [0.2, 0.25) is 0 Å². The maximum absolute atomic E-state index is 12.4. The summed E-state index contributed by atoms with van der Waals surface area (Å²) in [5.41, 5.74) is 7.00. The van der Waals surface area contributed by atoms with E-state index in [4.69, 9.17) is 9.84 Å². The van der Waals surface area contributed by atoms with E-state index < -0.39 is 17.4 Å². The van der Waals surface area contributed by atoms with Crippen LogP contribution < -0.4 is 4.74 Å². The largest absolute Gasteiger partial charge is 0.755 e. The van der Waals surface area contributed by atoms with Crippen LogP contribution in [0.3, 0.4) is 0 Å². The van der Waals surface area contributed by atoms with Gasteiger partial charge in [0, 0.05) is 17.8 Å². The van der Waals surface area contributed by atoms with Crippen LogP contribution in [-0.2, 0) is 17.7 Å². The SMILES string of the molecule is Cc1ccc(OC(=O)N(CCc2ccc(-n3nc(C)c(-c4ccccc4)c3C)cc2)S(=O)[O-])cc1. The fourth-order valence-electron chi connectivity index (χ4n) is 3.94. The highest BCUT2D eigenvalue weighted by atomic mass is 32.2. The fraction of sp³-hybridized carbons (Fsp3) is 0.185. The molecular weight excluding hydrogens is 462 g/mol. The number of aryl methyl sites for hydroxylation is 2. The quantitative estimate of drug-likeness (QED) is 0.329. The van der Waals surface area contributed by atoms with Crippen molar-refractivity contribution in [2.24, 2.45) is 0 Å². The third-order valence-electron chi connectivity index (χ3n) is 5.75. The third-order valence-corrected chi connectivity index (χ3v) is 6.44. The molecule has 0 spiro atoms. The summed E-state index contributed by atoms with van der Waals surface area (Å²) < 4.78 is 31.1. The van der Waals surface area contributed by atoms with Gasteiger partial charge in [0.1, 0.15) is 5.75 Å². The Morgan fingerprint density at radius 3 is 2.26 bits per heavy atom. The first-order chi connectivity index (χ1) is 16.8. The lowest BCUT2D eigenvalue weighted by Gasteiger charge is -2.23. The minimum absolute atomic E-state index is 0.0296. The molecule has 3 aromatic carbocycles. The van der Waals surface area contributed by atoms with Gasteiger partial charge in [-0.1, -0.05) is 60.2 Å². The molecule has 0 radical (unpaired) electrons. The normalized spacial score (nSPS) is 11.8. The molecule has 7 nitrogen and oxygen atoms in total. The maximum Gasteiger partial charge on any atom is 0.426 e. The molecule has 4 rings (SSSR count). The molecule has 0 bridgehead atoms. The van der Waals surface area contributed by atoms with E-state index >= 15 is 0 Å². The highest BCUT2D eigenvalue weighted by Crippen LogP contribution is 2.28. The summed E-state index contributed by atoms with van der Waals surface area (Å²) in [4.78, 5) is 12.4. The van der Waals surface area contributed by atoms with Gasteiger partial charge in [-0.25, -0.2) is 13.8 Å². The molecule has 0 fully saturated rings. The lowest BCUT2D eigenvalue weighted by Crippen LogP contribution is -2.36. The van der Waals surface area contributed by atoms with Crippen LogP contribution in [-0.4, -0.2) is 35.5 Å². The highest BCUT2D eigenvalue weighted by molar-refractivity contribution is 7.77. The molecule has 1 amide bonds. The molecule has 4 aromatic rings. The summed E-state index contributed by atoms with van der Waals surface area (Å²) in [5, 5.41) is 4.72. The molecular formula is C27H26N3O4S-. The Morgan fingerprint density at radius 2 is 1.63 bits per heavy atom. The second-order valence-corrected chi connectivity index (χ2v) is 9.12. The van der Waals surface area contributed by atoms with Crippen LogP contribution in [0.25, 0.3) is 16.8 Å². The van der Waals surface area contributed by atoms with E-state index in [2.05, 4.69) is 12.1 Å². The summed E-state index contributed by atoms with van der Waals surface area (Å²) in [6.07, 6.45) is -0.584. The molecule has 0 aliphatic carbocycles. The number of hydrogen-bond acceptors (Lipinski definition) is 5. The zero-order valence-corrected chi connectivity index (χ0v) is 20.6. The Morgan fingerprint density at radius 1 is 0.971 bits per heavy atom. The van der Waals surface area contributed by atoms with Gasteiger partial charge in [-0.15, -0.1) is 0 Å². The van der Waals surface area contributed by atoms with Crippen molar-refractivity contribution in [1.82, 2.24) is 14.1 Å². The second kappa shape index (κ2) is 10.7. The first-order valence-corrected chi connectivity index (χ1v) is 12.2. The summed E-state index contributed by atoms with van der Waals surface area (Å²) >= 11 is -2.75. The molecule has 1 aromatic heterocycles. The van der Waals surface area contributed by atoms with E-state index in [1.807, 2.05) is 67.9 Å². The average molecular weight is 489 g/mol. The van der Waals surface area contributed by atoms with Gasteiger partial charge < -0.3 is 9.29 Å². The van der Waals surface area contributed by atoms with E-state index in [1.165, 1.54) is 0 Å². The van der Waals surface area contributed by atoms with Gasteiger partial charge in [-0.2, -0.15) is 5.10 Å². The van der Waals surface area contributed by atoms with Gasteiger partial charge in [0.25, 0.3) is 0 Å². The van der Waals surface area contributed by atoms with Crippen LogP contribution in [0.2, 0.25) is 0 Å². The molecule has 0 saturated carbocycles. The molecule has 1 unspecified atom stereocenters. The van der Waals surface area contributed by atoms with E-state index in [9.17, 15) is 13.6 Å². The summed E-state index contributed by atoms with van der Waals surface area (Å²) in [7, 11) is 0. The number of carbonyl (C=O) groups excluding carboxylic acids is 1. The minimum Gasteiger partial charge on any atom is -0.755 e. The smallest absolute Gasteiger partial charge is 0.426 e. The molecule has 35 heavy (non-hydrogen) atoms. The Labute approximate surface area is 207 Å². The van der Waals surface area contributed by atoms with Crippen LogP contribution in [0.4, 0.5) is 4.79 Å². The van der Waals surface area contributed by atoms with Gasteiger partial charge in [-0.3, -0.25) is 4.21 Å². The fourth-order valence-corrected chi connectivity index (χ4v) is 4.34. The number of carbonyl (C=O) groups is 1. The standard InChI is InChI=1S/C27H27N3O4S/c1-19-9-15-25(16-10-19)34-27(31)29(35(32)33)18-17-22-11-13-24(14-12-22)30-21(3)26(20(2)28-30)23-7-5-4-6-8-23/h4-16H,17-18H2,1-3H3,(H,32,33)/p-1. The molecule has 0 aliphatic heterocycles. The molecule has 0 saturated heterocycles. The number of nitrogens with zero attached hydrogens (tertiary/aromatic N) is 3. The third kappa shape index (κ3) is 5.67. The Hall–Kier alpha value is -3.75. The monoisotopic (exact) mass is 488 g/mol. The van der Waals surface area contributed by atoms with Gasteiger partial charge in [0.05, 0.1) is 22.6 Å². The first kappa shape index (κ1) is 24.4. The lowest BCUT2D eigenvalue weighted by molar-refractivity contribution is 0.178. The highest BCUT2D eigenvalue weighted by Gasteiger charge is 2.18. The summed E-state index contributed by atoms with van der Waals surface area (Å²) in [5.74, 6) is 0.292. The van der Waals surface area contributed by atoms with Gasteiger partial charge in [-0.05, 0) is 62.6 Å². The van der Waals surface area contributed by atoms with Crippen molar-refractivity contribution in [3.63, 3.8) is 0 Å². The molecule has 8 heteroatoms. The predicted molar refractivity (Wildman–Crippen MR) is 135 cm³/mol. The van der Waals surface area contributed by atoms with Crippen molar-refractivity contribution in [2.45, 2.75) is 27.2 Å². The van der Waals surface area contributed by atoms with Crippen molar-refractivity contribution in [1.29, 1.82) is 0 Å². The summed E-state index contributed by atoms with van der Waals surface area (Å²) in [6.45, 7) is 5.91. The molecule has 1 atom stereocenters. The van der Waals surface area contributed by atoms with E-state index in [1.54, 1.807) is 24.3 Å².